The number of alkyl halides is 3. The number of hydrogen-bond acceptors (Lipinski definition) is 4. The van der Waals surface area contributed by atoms with Gasteiger partial charge >= 0.3 is 12.1 Å². The Morgan fingerprint density at radius 2 is 1.79 bits per heavy atom. The number of aromatic nitrogens is 2. The standard InChI is InChI=1S/C20H17F3N2O4/c1-11-7-14(12(2)25(11)10-20(21,22)23)17(26)9-29-19(28)15-8-18(27)24-16-6-4-3-5-13(15)16/h3-8H,9-10H2,1-2H3,(H,24,27). The van der Waals surface area contributed by atoms with Gasteiger partial charge in [-0.25, -0.2) is 4.79 Å². The van der Waals surface area contributed by atoms with Crippen LogP contribution in [0.4, 0.5) is 13.2 Å². The van der Waals surface area contributed by atoms with E-state index in [0.717, 1.165) is 10.6 Å². The summed E-state index contributed by atoms with van der Waals surface area (Å²) >= 11 is 0. The minimum Gasteiger partial charge on any atom is -0.454 e. The molecule has 6 nitrogen and oxygen atoms in total. The number of Topliss-reactive ketones (excluding diaryl/α,β-unsaturated/α-hetero) is 1. The highest BCUT2D eigenvalue weighted by Gasteiger charge is 2.30. The summed E-state index contributed by atoms with van der Waals surface area (Å²) in [6, 6.07) is 9.01. The average Bonchev–Trinajstić information content (AvgIpc) is 2.92. The number of nitrogens with one attached hydrogen (secondary N) is 1. The van der Waals surface area contributed by atoms with Crippen LogP contribution in [0.1, 0.15) is 32.1 Å². The number of ether oxygens (including phenoxy) is 1. The van der Waals surface area contributed by atoms with E-state index >= 15 is 0 Å². The summed E-state index contributed by atoms with van der Waals surface area (Å²) in [6.45, 7) is 0.995. The molecular formula is C20H17F3N2O4. The Labute approximate surface area is 162 Å². The zero-order chi connectivity index (χ0) is 21.3. The minimum absolute atomic E-state index is 0.000283. The Morgan fingerprint density at radius 1 is 1.10 bits per heavy atom. The molecule has 2 heterocycles. The summed E-state index contributed by atoms with van der Waals surface area (Å²) in [4.78, 5) is 39.2. The quantitative estimate of drug-likeness (QED) is 0.519. The molecule has 0 aliphatic rings. The molecule has 2 aromatic heterocycles. The van der Waals surface area contributed by atoms with E-state index in [1.807, 2.05) is 0 Å². The molecule has 0 spiro atoms. The van der Waals surface area contributed by atoms with Crippen LogP contribution in [0.15, 0.2) is 41.2 Å². The number of ketones is 1. The van der Waals surface area contributed by atoms with Crippen LogP contribution in [0.2, 0.25) is 0 Å². The van der Waals surface area contributed by atoms with Crippen LogP contribution in [0, 0.1) is 13.8 Å². The Kier molecular flexibility index (Phi) is 5.32. The van der Waals surface area contributed by atoms with Crippen molar-refractivity contribution in [3.8, 4) is 0 Å². The molecule has 0 saturated carbocycles. The molecule has 1 aromatic carbocycles. The van der Waals surface area contributed by atoms with E-state index in [2.05, 4.69) is 4.98 Å². The number of para-hydroxylation sites is 1. The number of aromatic amines is 1. The van der Waals surface area contributed by atoms with Crippen LogP contribution in [-0.4, -0.2) is 34.1 Å². The van der Waals surface area contributed by atoms with Crippen molar-refractivity contribution in [1.82, 2.24) is 9.55 Å². The topological polar surface area (TPSA) is 81.2 Å². The number of H-pyrrole nitrogens is 1. The second-order valence-electron chi connectivity index (χ2n) is 6.58. The second kappa shape index (κ2) is 7.57. The van der Waals surface area contributed by atoms with Crippen molar-refractivity contribution in [2.75, 3.05) is 6.61 Å². The lowest BCUT2D eigenvalue weighted by atomic mass is 10.1. The third-order valence-corrected chi connectivity index (χ3v) is 4.52. The van der Waals surface area contributed by atoms with E-state index < -0.39 is 36.6 Å². The molecular weight excluding hydrogens is 389 g/mol. The van der Waals surface area contributed by atoms with Gasteiger partial charge in [0.05, 0.1) is 5.56 Å². The first-order chi connectivity index (χ1) is 13.6. The number of carbonyl (C=O) groups is 2. The Hall–Kier alpha value is -3.36. The first-order valence-electron chi connectivity index (χ1n) is 8.62. The first-order valence-corrected chi connectivity index (χ1v) is 8.62. The van der Waals surface area contributed by atoms with Gasteiger partial charge in [0.1, 0.15) is 6.54 Å². The lowest BCUT2D eigenvalue weighted by Gasteiger charge is -2.12. The van der Waals surface area contributed by atoms with Crippen molar-refractivity contribution >= 4 is 22.7 Å². The highest BCUT2D eigenvalue weighted by atomic mass is 19.4. The van der Waals surface area contributed by atoms with Gasteiger partial charge in [0.15, 0.2) is 6.61 Å². The zero-order valence-electron chi connectivity index (χ0n) is 15.6. The maximum Gasteiger partial charge on any atom is 0.406 e. The fourth-order valence-electron chi connectivity index (χ4n) is 3.17. The number of rotatable bonds is 5. The fourth-order valence-corrected chi connectivity index (χ4v) is 3.17. The largest absolute Gasteiger partial charge is 0.454 e. The molecule has 0 unspecified atom stereocenters. The summed E-state index contributed by atoms with van der Waals surface area (Å²) < 4.78 is 44.2. The lowest BCUT2D eigenvalue weighted by Crippen LogP contribution is -2.20. The van der Waals surface area contributed by atoms with Crippen LogP contribution in [0.3, 0.4) is 0 Å². The van der Waals surface area contributed by atoms with Gasteiger partial charge in [-0.1, -0.05) is 18.2 Å². The molecule has 0 radical (unpaired) electrons. The third-order valence-electron chi connectivity index (χ3n) is 4.52. The molecule has 0 bridgehead atoms. The van der Waals surface area contributed by atoms with Crippen molar-refractivity contribution < 1.29 is 27.5 Å². The lowest BCUT2D eigenvalue weighted by molar-refractivity contribution is -0.141. The summed E-state index contributed by atoms with van der Waals surface area (Å²) in [6.07, 6.45) is -4.43. The van der Waals surface area contributed by atoms with E-state index in [0.29, 0.717) is 10.9 Å². The number of nitrogens with zero attached hydrogens (tertiary/aromatic N) is 1. The number of pyridine rings is 1. The highest BCUT2D eigenvalue weighted by Crippen LogP contribution is 2.23. The molecule has 0 aliphatic heterocycles. The van der Waals surface area contributed by atoms with Crippen molar-refractivity contribution in [3.63, 3.8) is 0 Å². The second-order valence-corrected chi connectivity index (χ2v) is 6.58. The predicted molar refractivity (Wildman–Crippen MR) is 99.1 cm³/mol. The highest BCUT2D eigenvalue weighted by molar-refractivity contribution is 6.05. The van der Waals surface area contributed by atoms with E-state index in [4.69, 9.17) is 4.74 Å². The summed E-state index contributed by atoms with van der Waals surface area (Å²) in [7, 11) is 0. The molecule has 0 saturated heterocycles. The van der Waals surface area contributed by atoms with E-state index in [-0.39, 0.29) is 22.5 Å². The Morgan fingerprint density at radius 3 is 2.48 bits per heavy atom. The van der Waals surface area contributed by atoms with Crippen LogP contribution in [0.25, 0.3) is 10.9 Å². The van der Waals surface area contributed by atoms with Gasteiger partial charge in [-0.2, -0.15) is 13.2 Å². The molecule has 0 fully saturated rings. The molecule has 0 aliphatic carbocycles. The number of carbonyl (C=O) groups excluding carboxylic acids is 2. The Balaban J connectivity index is 1.79. The van der Waals surface area contributed by atoms with Crippen LogP contribution in [-0.2, 0) is 11.3 Å². The Bertz CT molecular complexity index is 1160. The number of hydrogen-bond donors (Lipinski definition) is 1. The fraction of sp³-hybridized carbons (Fsp3) is 0.250. The number of benzene rings is 1. The molecule has 1 N–H and O–H groups in total. The molecule has 9 heteroatoms. The average molecular weight is 406 g/mol. The van der Waals surface area contributed by atoms with Gasteiger partial charge in [0.25, 0.3) is 0 Å². The zero-order valence-corrected chi connectivity index (χ0v) is 15.6. The third kappa shape index (κ3) is 4.39. The summed E-state index contributed by atoms with van der Waals surface area (Å²) in [5.41, 5.74) is 0.402. The van der Waals surface area contributed by atoms with Gasteiger partial charge in [0, 0.05) is 33.9 Å². The van der Waals surface area contributed by atoms with Crippen LogP contribution in [0.5, 0.6) is 0 Å². The SMILES string of the molecule is Cc1cc(C(=O)COC(=O)c2cc(=O)[nH]c3ccccc23)c(C)n1CC(F)(F)F. The van der Waals surface area contributed by atoms with Gasteiger partial charge < -0.3 is 14.3 Å². The molecule has 29 heavy (non-hydrogen) atoms. The number of aryl methyl sites for hydroxylation is 1. The number of fused-ring (bicyclic) bond motifs is 1. The van der Waals surface area contributed by atoms with Crippen LogP contribution < -0.4 is 5.56 Å². The van der Waals surface area contributed by atoms with Gasteiger partial charge in [-0.05, 0) is 26.0 Å². The molecule has 152 valence electrons. The van der Waals surface area contributed by atoms with Gasteiger partial charge in [0.2, 0.25) is 11.3 Å². The molecule has 3 aromatic rings. The molecule has 0 atom stereocenters. The van der Waals surface area contributed by atoms with E-state index in [9.17, 15) is 27.6 Å². The maximum absolute atomic E-state index is 12.7. The number of esters is 1. The minimum atomic E-state index is -4.43. The normalized spacial score (nSPS) is 11.6. The van der Waals surface area contributed by atoms with Crippen LogP contribution >= 0.6 is 0 Å². The van der Waals surface area contributed by atoms with Gasteiger partial charge in [-0.3, -0.25) is 9.59 Å². The monoisotopic (exact) mass is 406 g/mol. The van der Waals surface area contributed by atoms with Crippen molar-refractivity contribution in [2.45, 2.75) is 26.6 Å². The number of halogens is 3. The smallest absolute Gasteiger partial charge is 0.406 e. The summed E-state index contributed by atoms with van der Waals surface area (Å²) in [5.74, 6) is -1.50. The van der Waals surface area contributed by atoms with E-state index in [1.165, 1.54) is 19.9 Å². The first kappa shape index (κ1) is 20.4. The molecule has 0 amide bonds. The van der Waals surface area contributed by atoms with Crippen molar-refractivity contribution in [2.24, 2.45) is 0 Å². The summed E-state index contributed by atoms with van der Waals surface area (Å²) in [5, 5.41) is 0.452. The molecule has 3 rings (SSSR count). The van der Waals surface area contributed by atoms with Crippen molar-refractivity contribution in [1.29, 1.82) is 0 Å². The maximum atomic E-state index is 12.7. The van der Waals surface area contributed by atoms with E-state index in [1.54, 1.807) is 24.3 Å². The van der Waals surface area contributed by atoms with Crippen molar-refractivity contribution in [3.05, 3.63) is 69.3 Å². The predicted octanol–water partition coefficient (Wildman–Crippen LogP) is 3.55. The van der Waals surface area contributed by atoms with Gasteiger partial charge in [-0.15, -0.1) is 0 Å².